The Bertz CT molecular complexity index is 462. The third-order valence-corrected chi connectivity index (χ3v) is 2.83. The summed E-state index contributed by atoms with van der Waals surface area (Å²) in [4.78, 5) is 4.41. The summed E-state index contributed by atoms with van der Waals surface area (Å²) < 4.78 is 0. The lowest BCUT2D eigenvalue weighted by atomic mass is 10.2. The average Bonchev–Trinajstić information content (AvgIpc) is 2.39. The van der Waals surface area contributed by atoms with Crippen LogP contribution in [0.4, 0.5) is 5.69 Å². The van der Waals surface area contributed by atoms with Crippen molar-refractivity contribution in [3.8, 4) is 0 Å². The first-order valence-corrected chi connectivity index (χ1v) is 6.19. The van der Waals surface area contributed by atoms with E-state index in [2.05, 4.69) is 34.6 Å². The van der Waals surface area contributed by atoms with Gasteiger partial charge in [-0.15, -0.1) is 0 Å². The Hall–Kier alpha value is -1.61. The Morgan fingerprint density at radius 2 is 1.94 bits per heavy atom. The second kappa shape index (κ2) is 6.21. The first-order chi connectivity index (χ1) is 8.42. The third-order valence-electron chi connectivity index (χ3n) is 2.83. The molecule has 3 heteroatoms. The number of aromatic nitrogens is 1. The molecule has 0 spiro atoms. The molecule has 90 valence electrons. The highest BCUT2D eigenvalue weighted by molar-refractivity contribution is 5.90. The van der Waals surface area contributed by atoms with Gasteiger partial charge in [-0.2, -0.15) is 0 Å². The Labute approximate surface area is 102 Å². The fourth-order valence-electron chi connectivity index (χ4n) is 1.92. The van der Waals surface area contributed by atoms with Crippen molar-refractivity contribution in [2.45, 2.75) is 19.3 Å². The van der Waals surface area contributed by atoms with E-state index in [-0.39, 0.29) is 0 Å². The van der Waals surface area contributed by atoms with Crippen LogP contribution in [0, 0.1) is 0 Å². The van der Waals surface area contributed by atoms with Crippen molar-refractivity contribution >= 4 is 16.6 Å². The summed E-state index contributed by atoms with van der Waals surface area (Å²) >= 11 is 0. The molecule has 0 radical (unpaired) electrons. The van der Waals surface area contributed by atoms with Crippen LogP contribution in [0.25, 0.3) is 10.9 Å². The highest BCUT2D eigenvalue weighted by Crippen LogP contribution is 2.20. The van der Waals surface area contributed by atoms with Gasteiger partial charge >= 0.3 is 0 Å². The molecule has 1 aromatic heterocycles. The van der Waals surface area contributed by atoms with Crippen LogP contribution >= 0.6 is 0 Å². The number of fused-ring (bicyclic) bond motifs is 1. The highest BCUT2D eigenvalue weighted by Gasteiger charge is 1.99. The molecule has 2 rings (SSSR count). The fraction of sp³-hybridized carbons (Fsp3) is 0.357. The van der Waals surface area contributed by atoms with Gasteiger partial charge in [0.25, 0.3) is 0 Å². The van der Waals surface area contributed by atoms with Crippen LogP contribution in [0.2, 0.25) is 0 Å². The minimum Gasteiger partial charge on any atom is -0.383 e. The predicted octanol–water partition coefficient (Wildman–Crippen LogP) is 2.78. The number of benzene rings is 1. The molecular formula is C14H19N3. The molecular weight excluding hydrogens is 210 g/mol. The highest BCUT2D eigenvalue weighted by atomic mass is 14.9. The first kappa shape index (κ1) is 11.9. The monoisotopic (exact) mass is 229 g/mol. The minimum atomic E-state index is 0.788. The molecule has 0 saturated carbocycles. The van der Waals surface area contributed by atoms with Crippen molar-refractivity contribution in [3.63, 3.8) is 0 Å². The zero-order valence-corrected chi connectivity index (χ0v) is 10.0. The largest absolute Gasteiger partial charge is 0.383 e. The van der Waals surface area contributed by atoms with Crippen LogP contribution in [0.1, 0.15) is 19.3 Å². The number of para-hydroxylation sites is 1. The van der Waals surface area contributed by atoms with Crippen LogP contribution in [0.5, 0.6) is 0 Å². The molecule has 0 atom stereocenters. The molecule has 0 amide bonds. The zero-order valence-electron chi connectivity index (χ0n) is 10.0. The molecule has 0 aliphatic heterocycles. The first-order valence-electron chi connectivity index (χ1n) is 6.19. The fourth-order valence-corrected chi connectivity index (χ4v) is 1.92. The number of hydrogen-bond acceptors (Lipinski definition) is 3. The van der Waals surface area contributed by atoms with Crippen LogP contribution < -0.4 is 11.1 Å². The lowest BCUT2D eigenvalue weighted by Crippen LogP contribution is -2.04. The number of rotatable bonds is 6. The summed E-state index contributed by atoms with van der Waals surface area (Å²) in [6.45, 7) is 1.77. The molecule has 0 unspecified atom stereocenters. The van der Waals surface area contributed by atoms with E-state index in [9.17, 15) is 0 Å². The molecule has 0 saturated heterocycles. The molecule has 0 aliphatic carbocycles. The van der Waals surface area contributed by atoms with Crippen molar-refractivity contribution in [3.05, 3.63) is 36.5 Å². The topological polar surface area (TPSA) is 50.9 Å². The van der Waals surface area contributed by atoms with Crippen molar-refractivity contribution < 1.29 is 0 Å². The van der Waals surface area contributed by atoms with Gasteiger partial charge in [0, 0.05) is 18.1 Å². The van der Waals surface area contributed by atoms with E-state index < -0.39 is 0 Å². The second-order valence-electron chi connectivity index (χ2n) is 4.16. The number of unbranched alkanes of at least 4 members (excludes halogenated alkanes) is 2. The predicted molar refractivity (Wildman–Crippen MR) is 73.1 cm³/mol. The van der Waals surface area contributed by atoms with E-state index in [1.54, 1.807) is 0 Å². The molecule has 17 heavy (non-hydrogen) atoms. The number of anilines is 1. The van der Waals surface area contributed by atoms with Gasteiger partial charge in [-0.05, 0) is 31.5 Å². The Kier molecular flexibility index (Phi) is 4.33. The summed E-state index contributed by atoms with van der Waals surface area (Å²) in [5, 5.41) is 4.62. The van der Waals surface area contributed by atoms with Crippen LogP contribution in [0.15, 0.2) is 36.5 Å². The quantitative estimate of drug-likeness (QED) is 0.749. The minimum absolute atomic E-state index is 0.788. The van der Waals surface area contributed by atoms with Crippen molar-refractivity contribution in [1.29, 1.82) is 0 Å². The maximum atomic E-state index is 5.47. The lowest BCUT2D eigenvalue weighted by Gasteiger charge is -2.08. The maximum absolute atomic E-state index is 5.47. The van der Waals surface area contributed by atoms with Crippen LogP contribution in [-0.2, 0) is 0 Å². The van der Waals surface area contributed by atoms with Crippen LogP contribution in [0.3, 0.4) is 0 Å². The molecule has 2 aromatic rings. The van der Waals surface area contributed by atoms with E-state index in [4.69, 9.17) is 5.73 Å². The summed E-state index contributed by atoms with van der Waals surface area (Å²) in [5.41, 5.74) is 7.64. The number of nitrogens with one attached hydrogen (secondary N) is 1. The SMILES string of the molecule is NCCCCCNc1cccc2cccnc12. The summed E-state index contributed by atoms with van der Waals surface area (Å²) in [6, 6.07) is 10.3. The Morgan fingerprint density at radius 1 is 1.06 bits per heavy atom. The van der Waals surface area contributed by atoms with Crippen molar-refractivity contribution in [1.82, 2.24) is 4.98 Å². The summed E-state index contributed by atoms with van der Waals surface area (Å²) in [6.07, 6.45) is 5.28. The van der Waals surface area contributed by atoms with E-state index in [0.29, 0.717) is 0 Å². The molecule has 0 aliphatic rings. The number of nitrogens with zero attached hydrogens (tertiary/aromatic N) is 1. The van der Waals surface area contributed by atoms with Gasteiger partial charge in [-0.1, -0.05) is 24.6 Å². The van der Waals surface area contributed by atoms with Gasteiger partial charge in [0.05, 0.1) is 11.2 Å². The molecule has 1 aromatic carbocycles. The number of nitrogens with two attached hydrogens (primary N) is 1. The van der Waals surface area contributed by atoms with Gasteiger partial charge < -0.3 is 11.1 Å². The van der Waals surface area contributed by atoms with Gasteiger partial charge in [-0.3, -0.25) is 4.98 Å². The second-order valence-corrected chi connectivity index (χ2v) is 4.16. The van der Waals surface area contributed by atoms with Crippen molar-refractivity contribution in [2.24, 2.45) is 5.73 Å². The molecule has 1 heterocycles. The molecule has 0 bridgehead atoms. The summed E-state index contributed by atoms with van der Waals surface area (Å²) in [7, 11) is 0. The van der Waals surface area contributed by atoms with Gasteiger partial charge in [0.2, 0.25) is 0 Å². The Balaban J connectivity index is 1.98. The normalized spacial score (nSPS) is 10.6. The number of pyridine rings is 1. The standard InChI is InChI=1S/C14H19N3/c15-9-2-1-3-10-16-13-8-4-6-12-7-5-11-17-14(12)13/h4-8,11,16H,1-3,9-10,15H2. The zero-order chi connectivity index (χ0) is 11.9. The maximum Gasteiger partial charge on any atom is 0.0933 e. The van der Waals surface area contributed by atoms with E-state index >= 15 is 0 Å². The van der Waals surface area contributed by atoms with Crippen LogP contribution in [-0.4, -0.2) is 18.1 Å². The van der Waals surface area contributed by atoms with E-state index in [0.717, 1.165) is 37.1 Å². The third kappa shape index (κ3) is 3.17. The number of hydrogen-bond donors (Lipinski definition) is 2. The summed E-state index contributed by atoms with van der Waals surface area (Å²) in [5.74, 6) is 0. The van der Waals surface area contributed by atoms with Crippen molar-refractivity contribution in [2.75, 3.05) is 18.4 Å². The smallest absolute Gasteiger partial charge is 0.0933 e. The van der Waals surface area contributed by atoms with Gasteiger partial charge in [-0.25, -0.2) is 0 Å². The molecule has 3 N–H and O–H groups in total. The Morgan fingerprint density at radius 3 is 2.82 bits per heavy atom. The van der Waals surface area contributed by atoms with Gasteiger partial charge in [0.1, 0.15) is 0 Å². The van der Waals surface area contributed by atoms with E-state index in [1.165, 1.54) is 11.8 Å². The average molecular weight is 229 g/mol. The van der Waals surface area contributed by atoms with E-state index in [1.807, 2.05) is 12.3 Å². The van der Waals surface area contributed by atoms with Gasteiger partial charge in [0.15, 0.2) is 0 Å². The molecule has 0 fully saturated rings. The molecule has 3 nitrogen and oxygen atoms in total. The lowest BCUT2D eigenvalue weighted by molar-refractivity contribution is 0.707.